The molecule has 2 aliphatic rings. The Morgan fingerprint density at radius 3 is 2.26 bits per heavy atom. The Morgan fingerprint density at radius 1 is 1.03 bits per heavy atom. The van der Waals surface area contributed by atoms with Gasteiger partial charge >= 0.3 is 12.1 Å². The largest absolute Gasteiger partial charge is 0.497 e. The van der Waals surface area contributed by atoms with Crippen LogP contribution in [0.1, 0.15) is 44.9 Å². The maximum Gasteiger partial charge on any atom is 0.435 e. The number of hydrogen-bond acceptors (Lipinski definition) is 5. The number of anilines is 1. The molecule has 10 heteroatoms. The van der Waals surface area contributed by atoms with E-state index in [1.807, 2.05) is 0 Å². The van der Waals surface area contributed by atoms with Gasteiger partial charge in [0, 0.05) is 17.8 Å². The van der Waals surface area contributed by atoms with Gasteiger partial charge in [0.15, 0.2) is 5.69 Å². The second kappa shape index (κ2) is 8.19. The number of aromatic nitrogens is 2. The number of halogens is 3. The van der Waals surface area contributed by atoms with Gasteiger partial charge in [-0.15, -0.1) is 0 Å². The van der Waals surface area contributed by atoms with Crippen LogP contribution in [0.5, 0.6) is 5.75 Å². The first-order valence-corrected chi connectivity index (χ1v) is 10.7. The number of carbonyl (C=O) groups excluding carboxylic acids is 2. The smallest absolute Gasteiger partial charge is 0.435 e. The fourth-order valence-corrected chi connectivity index (χ4v) is 3.93. The van der Waals surface area contributed by atoms with E-state index in [1.165, 1.54) is 12.0 Å². The minimum atomic E-state index is -4.70. The molecule has 1 saturated carbocycles. The molecule has 1 amide bonds. The Labute approximate surface area is 192 Å². The number of fused-ring (bicyclic) bond motifs is 1. The third-order valence-electron chi connectivity index (χ3n) is 5.81. The Morgan fingerprint density at radius 2 is 1.68 bits per heavy atom. The highest BCUT2D eigenvalue weighted by Gasteiger charge is 2.43. The van der Waals surface area contributed by atoms with E-state index in [-0.39, 0.29) is 30.3 Å². The summed E-state index contributed by atoms with van der Waals surface area (Å²) < 4.78 is 52.6. The standard InChI is InChI=1S/C24H20F3N3O4/c1-33-17-8-6-16(7-9-17)30-20-19(21(28-30)24(25,26)27)12-13-29(22(20)31)15-4-2-14(3-5-15)23(32)34-18-10-11-18/h2-9,18H,10-13H2,1H3. The second-order valence-electron chi connectivity index (χ2n) is 8.14. The van der Waals surface area contributed by atoms with Gasteiger partial charge in [-0.2, -0.15) is 18.3 Å². The Kier molecular flexibility index (Phi) is 5.30. The first-order valence-electron chi connectivity index (χ1n) is 10.7. The van der Waals surface area contributed by atoms with Crippen LogP contribution in [0.2, 0.25) is 0 Å². The van der Waals surface area contributed by atoms with Crippen molar-refractivity contribution in [1.82, 2.24) is 9.78 Å². The first-order chi connectivity index (χ1) is 16.3. The molecule has 1 aliphatic carbocycles. The minimum absolute atomic E-state index is 0.0163. The number of hydrogen-bond donors (Lipinski definition) is 0. The average Bonchev–Trinajstić information content (AvgIpc) is 3.54. The van der Waals surface area contributed by atoms with Gasteiger partial charge in [-0.1, -0.05) is 0 Å². The van der Waals surface area contributed by atoms with Crippen molar-refractivity contribution >= 4 is 17.6 Å². The van der Waals surface area contributed by atoms with E-state index in [4.69, 9.17) is 9.47 Å². The lowest BCUT2D eigenvalue weighted by Gasteiger charge is -2.28. The van der Waals surface area contributed by atoms with Crippen LogP contribution in [0, 0.1) is 0 Å². The summed E-state index contributed by atoms with van der Waals surface area (Å²) in [6.45, 7) is 0.0507. The number of alkyl halides is 3. The van der Waals surface area contributed by atoms with E-state index < -0.39 is 23.7 Å². The van der Waals surface area contributed by atoms with Gasteiger partial charge in [0.25, 0.3) is 5.91 Å². The molecule has 34 heavy (non-hydrogen) atoms. The van der Waals surface area contributed by atoms with Crippen molar-refractivity contribution in [3.05, 3.63) is 71.0 Å². The molecule has 2 heterocycles. The summed E-state index contributed by atoms with van der Waals surface area (Å²) in [7, 11) is 1.48. The summed E-state index contributed by atoms with van der Waals surface area (Å²) in [6.07, 6.45) is -3.03. The summed E-state index contributed by atoms with van der Waals surface area (Å²) in [5.41, 5.74) is -0.210. The van der Waals surface area contributed by atoms with Crippen LogP contribution in [0.4, 0.5) is 18.9 Å². The van der Waals surface area contributed by atoms with E-state index in [0.717, 1.165) is 17.5 Å². The molecule has 0 N–H and O–H groups in total. The number of benzene rings is 2. The normalized spacial score (nSPS) is 15.8. The van der Waals surface area contributed by atoms with Crippen LogP contribution in [0.15, 0.2) is 48.5 Å². The van der Waals surface area contributed by atoms with Crippen molar-refractivity contribution in [3.8, 4) is 11.4 Å². The van der Waals surface area contributed by atoms with Gasteiger partial charge in [-0.25, -0.2) is 9.48 Å². The van der Waals surface area contributed by atoms with Crippen molar-refractivity contribution < 1.29 is 32.2 Å². The SMILES string of the molecule is COc1ccc(-n2nc(C(F)(F)F)c3c2C(=O)N(c2ccc(C(=O)OC4CC4)cc2)CC3)cc1. The maximum absolute atomic E-state index is 13.7. The van der Waals surface area contributed by atoms with Crippen LogP contribution in [0.3, 0.4) is 0 Å². The van der Waals surface area contributed by atoms with E-state index in [1.54, 1.807) is 48.5 Å². The molecular formula is C24H20F3N3O4. The van der Waals surface area contributed by atoms with Crippen LogP contribution in [0.25, 0.3) is 5.69 Å². The molecule has 1 aromatic heterocycles. The van der Waals surface area contributed by atoms with Crippen molar-refractivity contribution in [2.45, 2.75) is 31.5 Å². The highest BCUT2D eigenvalue weighted by molar-refractivity contribution is 6.07. The van der Waals surface area contributed by atoms with Crippen molar-refractivity contribution in [2.75, 3.05) is 18.6 Å². The van der Waals surface area contributed by atoms with Crippen LogP contribution >= 0.6 is 0 Å². The molecule has 0 unspecified atom stereocenters. The molecule has 0 radical (unpaired) electrons. The minimum Gasteiger partial charge on any atom is -0.497 e. The molecule has 0 bridgehead atoms. The van der Waals surface area contributed by atoms with E-state index >= 15 is 0 Å². The quantitative estimate of drug-likeness (QED) is 0.515. The van der Waals surface area contributed by atoms with Crippen LogP contribution in [-0.4, -0.2) is 41.4 Å². The molecule has 7 nitrogen and oxygen atoms in total. The Balaban J connectivity index is 1.50. The summed E-state index contributed by atoms with van der Waals surface area (Å²) in [5.74, 6) is -0.517. The maximum atomic E-state index is 13.7. The highest BCUT2D eigenvalue weighted by atomic mass is 19.4. The molecule has 1 fully saturated rings. The topological polar surface area (TPSA) is 73.7 Å². The van der Waals surface area contributed by atoms with Gasteiger partial charge in [0.05, 0.1) is 18.4 Å². The number of ether oxygens (including phenoxy) is 2. The molecule has 176 valence electrons. The van der Waals surface area contributed by atoms with Crippen molar-refractivity contribution in [2.24, 2.45) is 0 Å². The molecule has 0 saturated heterocycles. The number of rotatable bonds is 5. The second-order valence-corrected chi connectivity index (χ2v) is 8.14. The third-order valence-corrected chi connectivity index (χ3v) is 5.81. The Bertz CT molecular complexity index is 1250. The monoisotopic (exact) mass is 471 g/mol. The predicted octanol–water partition coefficient (Wildman–Crippen LogP) is 4.42. The lowest BCUT2D eigenvalue weighted by atomic mass is 10.0. The number of carbonyl (C=O) groups is 2. The molecular weight excluding hydrogens is 451 g/mol. The fourth-order valence-electron chi connectivity index (χ4n) is 3.93. The zero-order valence-electron chi connectivity index (χ0n) is 18.1. The number of methoxy groups -OCH3 is 1. The van der Waals surface area contributed by atoms with Crippen LogP contribution < -0.4 is 9.64 Å². The van der Waals surface area contributed by atoms with Crippen molar-refractivity contribution in [3.63, 3.8) is 0 Å². The molecule has 0 spiro atoms. The third kappa shape index (κ3) is 4.00. The average molecular weight is 471 g/mol. The number of amides is 1. The van der Waals surface area contributed by atoms with E-state index in [2.05, 4.69) is 5.10 Å². The first kappa shape index (κ1) is 22.0. The van der Waals surface area contributed by atoms with Gasteiger partial charge in [0.1, 0.15) is 17.5 Å². The molecule has 1 aliphatic heterocycles. The number of esters is 1. The highest BCUT2D eigenvalue weighted by Crippen LogP contribution is 2.37. The van der Waals surface area contributed by atoms with Crippen molar-refractivity contribution in [1.29, 1.82) is 0 Å². The van der Waals surface area contributed by atoms with E-state index in [0.29, 0.717) is 22.7 Å². The zero-order chi connectivity index (χ0) is 24.0. The van der Waals surface area contributed by atoms with Gasteiger partial charge in [-0.3, -0.25) is 4.79 Å². The zero-order valence-corrected chi connectivity index (χ0v) is 18.1. The molecule has 5 rings (SSSR count). The lowest BCUT2D eigenvalue weighted by molar-refractivity contribution is -0.141. The summed E-state index contributed by atoms with van der Waals surface area (Å²) >= 11 is 0. The Hall–Kier alpha value is -3.82. The summed E-state index contributed by atoms with van der Waals surface area (Å²) in [6, 6.07) is 12.5. The fraction of sp³-hybridized carbons (Fsp3) is 0.292. The van der Waals surface area contributed by atoms with Crippen LogP contribution in [-0.2, 0) is 17.3 Å². The molecule has 0 atom stereocenters. The van der Waals surface area contributed by atoms with Gasteiger partial charge in [0.2, 0.25) is 0 Å². The molecule has 3 aromatic rings. The summed E-state index contributed by atoms with van der Waals surface area (Å²) in [5, 5.41) is 3.78. The predicted molar refractivity (Wildman–Crippen MR) is 115 cm³/mol. The summed E-state index contributed by atoms with van der Waals surface area (Å²) in [4.78, 5) is 26.9. The lowest BCUT2D eigenvalue weighted by Crippen LogP contribution is -2.39. The van der Waals surface area contributed by atoms with Gasteiger partial charge in [-0.05, 0) is 67.8 Å². The van der Waals surface area contributed by atoms with E-state index in [9.17, 15) is 22.8 Å². The van der Waals surface area contributed by atoms with Gasteiger partial charge < -0.3 is 14.4 Å². The number of nitrogens with zero attached hydrogens (tertiary/aromatic N) is 3. The molecule has 2 aromatic carbocycles.